The lowest BCUT2D eigenvalue weighted by atomic mass is 10.2. The van der Waals surface area contributed by atoms with Crippen LogP contribution in [0.5, 0.6) is 0 Å². The molecule has 0 saturated carbocycles. The Hall–Kier alpha value is -1.86. The number of hydrogen-bond acceptors (Lipinski definition) is 6. The van der Waals surface area contributed by atoms with Gasteiger partial charge < -0.3 is 9.64 Å². The summed E-state index contributed by atoms with van der Waals surface area (Å²) in [5, 5.41) is 0. The molecule has 3 rings (SSSR count). The van der Waals surface area contributed by atoms with Gasteiger partial charge in [0.2, 0.25) is 0 Å². The van der Waals surface area contributed by atoms with E-state index in [2.05, 4.69) is 15.0 Å². The standard InChI is InChI=1S/C13H14N4O2S/c1-9-15-3-2-10(16-9)11-7-17(4-5-19-11)13(18)12-6-14-8-20-12/h2-3,6,8,11H,4-5,7H2,1H3/t11-/m1/s1. The van der Waals surface area contributed by atoms with E-state index < -0.39 is 0 Å². The number of amides is 1. The Kier molecular flexibility index (Phi) is 3.70. The van der Waals surface area contributed by atoms with Crippen LogP contribution >= 0.6 is 11.3 Å². The average Bonchev–Trinajstić information content (AvgIpc) is 3.01. The van der Waals surface area contributed by atoms with Crippen LogP contribution in [0.3, 0.4) is 0 Å². The minimum Gasteiger partial charge on any atom is -0.368 e. The van der Waals surface area contributed by atoms with Crippen molar-refractivity contribution in [3.8, 4) is 0 Å². The second-order valence-electron chi connectivity index (χ2n) is 4.51. The summed E-state index contributed by atoms with van der Waals surface area (Å²) in [5.74, 6) is 0.712. The van der Waals surface area contributed by atoms with E-state index in [0.29, 0.717) is 30.4 Å². The number of carbonyl (C=O) groups is 1. The van der Waals surface area contributed by atoms with Crippen LogP contribution in [0, 0.1) is 6.92 Å². The Morgan fingerprint density at radius 2 is 2.45 bits per heavy atom. The Morgan fingerprint density at radius 1 is 1.55 bits per heavy atom. The predicted octanol–water partition coefficient (Wildman–Crippen LogP) is 1.46. The fourth-order valence-electron chi connectivity index (χ4n) is 2.14. The first-order valence-electron chi connectivity index (χ1n) is 6.33. The van der Waals surface area contributed by atoms with Gasteiger partial charge in [-0.2, -0.15) is 0 Å². The van der Waals surface area contributed by atoms with Crippen molar-refractivity contribution < 1.29 is 9.53 Å². The average molecular weight is 290 g/mol. The van der Waals surface area contributed by atoms with Gasteiger partial charge in [-0.1, -0.05) is 0 Å². The molecule has 1 aliphatic rings. The molecule has 0 N–H and O–H groups in total. The molecular formula is C13H14N4O2S. The quantitative estimate of drug-likeness (QED) is 0.837. The van der Waals surface area contributed by atoms with E-state index in [1.165, 1.54) is 11.3 Å². The zero-order valence-electron chi connectivity index (χ0n) is 11.0. The SMILES string of the molecule is Cc1nccc([C@H]2CN(C(=O)c3cncs3)CCO2)n1. The second-order valence-corrected chi connectivity index (χ2v) is 5.39. The summed E-state index contributed by atoms with van der Waals surface area (Å²) in [4.78, 5) is 27.2. The molecule has 6 nitrogen and oxygen atoms in total. The molecule has 0 radical (unpaired) electrons. The highest BCUT2D eigenvalue weighted by atomic mass is 32.1. The Labute approximate surface area is 120 Å². The Balaban J connectivity index is 1.75. The molecule has 1 fully saturated rings. The maximum absolute atomic E-state index is 12.3. The van der Waals surface area contributed by atoms with Gasteiger partial charge in [0.15, 0.2) is 0 Å². The number of nitrogens with zero attached hydrogens (tertiary/aromatic N) is 4. The van der Waals surface area contributed by atoms with E-state index in [-0.39, 0.29) is 12.0 Å². The maximum Gasteiger partial charge on any atom is 0.265 e. The minimum atomic E-state index is -0.192. The van der Waals surface area contributed by atoms with E-state index >= 15 is 0 Å². The van der Waals surface area contributed by atoms with Crippen LogP contribution in [-0.4, -0.2) is 45.5 Å². The van der Waals surface area contributed by atoms with Gasteiger partial charge in [0, 0.05) is 12.7 Å². The van der Waals surface area contributed by atoms with Crippen molar-refractivity contribution in [2.45, 2.75) is 13.0 Å². The van der Waals surface area contributed by atoms with Crippen molar-refractivity contribution >= 4 is 17.2 Å². The number of aryl methyl sites for hydroxylation is 1. The second kappa shape index (κ2) is 5.64. The normalized spacial score (nSPS) is 19.1. The number of carbonyl (C=O) groups excluding carboxylic acids is 1. The van der Waals surface area contributed by atoms with Gasteiger partial charge in [-0.3, -0.25) is 9.78 Å². The number of rotatable bonds is 2. The van der Waals surface area contributed by atoms with Gasteiger partial charge in [-0.05, 0) is 13.0 Å². The highest BCUT2D eigenvalue weighted by Gasteiger charge is 2.27. The van der Waals surface area contributed by atoms with Gasteiger partial charge in [-0.25, -0.2) is 9.97 Å². The molecule has 7 heteroatoms. The van der Waals surface area contributed by atoms with E-state index in [9.17, 15) is 4.79 Å². The summed E-state index contributed by atoms with van der Waals surface area (Å²) in [6, 6.07) is 1.83. The molecule has 0 unspecified atom stereocenters. The summed E-state index contributed by atoms with van der Waals surface area (Å²) < 4.78 is 5.72. The first-order chi connectivity index (χ1) is 9.74. The third-order valence-electron chi connectivity index (χ3n) is 3.12. The first-order valence-corrected chi connectivity index (χ1v) is 7.21. The molecule has 1 amide bonds. The Bertz CT molecular complexity index is 602. The van der Waals surface area contributed by atoms with Crippen molar-refractivity contribution in [3.05, 3.63) is 40.4 Å². The molecule has 0 aliphatic carbocycles. The largest absolute Gasteiger partial charge is 0.368 e. The summed E-state index contributed by atoms with van der Waals surface area (Å²) in [6.45, 7) is 3.45. The van der Waals surface area contributed by atoms with Crippen molar-refractivity contribution in [3.63, 3.8) is 0 Å². The van der Waals surface area contributed by atoms with Crippen LogP contribution in [0.4, 0.5) is 0 Å². The van der Waals surface area contributed by atoms with Gasteiger partial charge in [0.05, 0.1) is 30.6 Å². The summed E-state index contributed by atoms with van der Waals surface area (Å²) >= 11 is 1.36. The lowest BCUT2D eigenvalue weighted by molar-refractivity contribution is -0.0246. The van der Waals surface area contributed by atoms with Crippen molar-refractivity contribution in [2.24, 2.45) is 0 Å². The molecule has 1 atom stereocenters. The van der Waals surface area contributed by atoms with Crippen LogP contribution in [0.2, 0.25) is 0 Å². The molecule has 20 heavy (non-hydrogen) atoms. The molecule has 1 saturated heterocycles. The molecule has 1 aliphatic heterocycles. The van der Waals surface area contributed by atoms with Crippen molar-refractivity contribution in [1.82, 2.24) is 19.9 Å². The number of ether oxygens (including phenoxy) is 1. The predicted molar refractivity (Wildman–Crippen MR) is 73.5 cm³/mol. The summed E-state index contributed by atoms with van der Waals surface area (Å²) in [5.41, 5.74) is 2.48. The monoisotopic (exact) mass is 290 g/mol. The molecule has 0 aromatic carbocycles. The van der Waals surface area contributed by atoms with Gasteiger partial charge in [0.1, 0.15) is 16.8 Å². The minimum absolute atomic E-state index is 0.00609. The number of thiazole rings is 1. The number of morpholine rings is 1. The van der Waals surface area contributed by atoms with E-state index in [0.717, 1.165) is 5.69 Å². The third-order valence-corrected chi connectivity index (χ3v) is 3.89. The highest BCUT2D eigenvalue weighted by molar-refractivity contribution is 7.11. The van der Waals surface area contributed by atoms with Gasteiger partial charge in [0.25, 0.3) is 5.91 Å². The summed E-state index contributed by atoms with van der Waals surface area (Å²) in [6.07, 6.45) is 3.12. The van der Waals surface area contributed by atoms with Crippen LogP contribution in [-0.2, 0) is 4.74 Å². The van der Waals surface area contributed by atoms with Crippen LogP contribution in [0.25, 0.3) is 0 Å². The van der Waals surface area contributed by atoms with Gasteiger partial charge in [-0.15, -0.1) is 11.3 Å². The van der Waals surface area contributed by atoms with Crippen molar-refractivity contribution in [1.29, 1.82) is 0 Å². The topological polar surface area (TPSA) is 68.2 Å². The molecule has 3 heterocycles. The smallest absolute Gasteiger partial charge is 0.265 e. The molecule has 2 aromatic heterocycles. The maximum atomic E-state index is 12.3. The number of aromatic nitrogens is 3. The van der Waals surface area contributed by atoms with E-state index in [1.54, 1.807) is 22.8 Å². The molecule has 2 aromatic rings. The van der Waals surface area contributed by atoms with Crippen LogP contribution in [0.1, 0.15) is 27.3 Å². The fourth-order valence-corrected chi connectivity index (χ4v) is 2.73. The molecule has 0 spiro atoms. The molecule has 0 bridgehead atoms. The van der Waals surface area contributed by atoms with Gasteiger partial charge >= 0.3 is 0 Å². The lowest BCUT2D eigenvalue weighted by Crippen LogP contribution is -2.42. The van der Waals surface area contributed by atoms with Crippen LogP contribution in [0.15, 0.2) is 24.0 Å². The Morgan fingerprint density at radius 3 is 3.20 bits per heavy atom. The summed E-state index contributed by atoms with van der Waals surface area (Å²) in [7, 11) is 0. The highest BCUT2D eigenvalue weighted by Crippen LogP contribution is 2.22. The first kappa shape index (κ1) is 13.1. The van der Waals surface area contributed by atoms with E-state index in [4.69, 9.17) is 4.74 Å². The third kappa shape index (κ3) is 2.68. The lowest BCUT2D eigenvalue weighted by Gasteiger charge is -2.32. The van der Waals surface area contributed by atoms with E-state index in [1.807, 2.05) is 13.0 Å². The zero-order chi connectivity index (χ0) is 13.9. The fraction of sp³-hybridized carbons (Fsp3) is 0.385. The van der Waals surface area contributed by atoms with Crippen molar-refractivity contribution in [2.75, 3.05) is 19.7 Å². The molecule has 104 valence electrons. The number of hydrogen-bond donors (Lipinski definition) is 0. The molecular weight excluding hydrogens is 276 g/mol. The van der Waals surface area contributed by atoms with Crippen LogP contribution < -0.4 is 0 Å². The zero-order valence-corrected chi connectivity index (χ0v) is 11.8.